The van der Waals surface area contributed by atoms with E-state index < -0.39 is 5.54 Å². The van der Waals surface area contributed by atoms with E-state index in [2.05, 4.69) is 124 Å². The molecule has 0 saturated carbocycles. The van der Waals surface area contributed by atoms with Gasteiger partial charge in [-0.3, -0.25) is 0 Å². The van der Waals surface area contributed by atoms with E-state index in [1.807, 2.05) is 36.4 Å². The van der Waals surface area contributed by atoms with Crippen LogP contribution in [0, 0.1) is 0 Å². The SMILES string of the molecule is BrCc1ccc(-c2ccccc2)c(-c2nnn(C(c3ccccc3)(c3ccccc3)c3ccccc3)n2)c1. The van der Waals surface area contributed by atoms with Crippen molar-refractivity contribution in [2.75, 3.05) is 0 Å². The highest BCUT2D eigenvalue weighted by Crippen LogP contribution is 2.40. The minimum atomic E-state index is -0.811. The second-order valence-electron chi connectivity index (χ2n) is 9.09. The summed E-state index contributed by atoms with van der Waals surface area (Å²) in [5.74, 6) is 0.582. The average Bonchev–Trinajstić information content (AvgIpc) is 3.50. The molecule has 0 spiro atoms. The maximum atomic E-state index is 5.12. The molecule has 0 fully saturated rings. The molecular formula is C33H25BrN4. The van der Waals surface area contributed by atoms with Crippen LogP contribution >= 0.6 is 15.9 Å². The standard InChI is InChI=1S/C33H25BrN4/c34-24-25-21-22-30(26-13-5-1-6-14-26)31(23-25)32-35-37-38(36-32)33(27-15-7-2-8-16-27,28-17-9-3-10-18-28)29-19-11-4-12-20-29/h1-23H,24H2. The Labute approximate surface area is 230 Å². The van der Waals surface area contributed by atoms with Crippen LogP contribution < -0.4 is 0 Å². The van der Waals surface area contributed by atoms with Crippen molar-refractivity contribution in [2.24, 2.45) is 0 Å². The molecule has 6 rings (SSSR count). The topological polar surface area (TPSA) is 43.6 Å². The van der Waals surface area contributed by atoms with Crippen LogP contribution in [-0.4, -0.2) is 20.2 Å². The molecule has 0 aliphatic rings. The van der Waals surface area contributed by atoms with Gasteiger partial charge in [-0.15, -0.1) is 15.0 Å². The summed E-state index contributed by atoms with van der Waals surface area (Å²) in [7, 11) is 0. The first-order valence-electron chi connectivity index (χ1n) is 12.5. The van der Waals surface area contributed by atoms with E-state index in [9.17, 15) is 0 Å². The molecule has 0 aliphatic heterocycles. The molecule has 38 heavy (non-hydrogen) atoms. The quantitative estimate of drug-likeness (QED) is 0.149. The fourth-order valence-electron chi connectivity index (χ4n) is 5.08. The van der Waals surface area contributed by atoms with Gasteiger partial charge >= 0.3 is 0 Å². The molecule has 0 N–H and O–H groups in total. The summed E-state index contributed by atoms with van der Waals surface area (Å²) in [4.78, 5) is 1.78. The molecule has 0 bridgehead atoms. The molecule has 0 atom stereocenters. The molecule has 0 amide bonds. The monoisotopic (exact) mass is 556 g/mol. The summed E-state index contributed by atoms with van der Waals surface area (Å²) in [6, 6.07) is 48.0. The normalized spacial score (nSPS) is 11.4. The van der Waals surface area contributed by atoms with E-state index in [1.54, 1.807) is 4.80 Å². The van der Waals surface area contributed by atoms with Gasteiger partial charge in [0.2, 0.25) is 5.82 Å². The number of hydrogen-bond acceptors (Lipinski definition) is 3. The largest absolute Gasteiger partial charge is 0.205 e. The fourth-order valence-corrected chi connectivity index (χ4v) is 5.43. The number of alkyl halides is 1. The molecule has 0 unspecified atom stereocenters. The van der Waals surface area contributed by atoms with Crippen molar-refractivity contribution < 1.29 is 0 Å². The number of nitrogens with zero attached hydrogens (tertiary/aromatic N) is 4. The van der Waals surface area contributed by atoms with Gasteiger partial charge in [-0.1, -0.05) is 149 Å². The molecule has 5 aromatic carbocycles. The van der Waals surface area contributed by atoms with Crippen LogP contribution in [-0.2, 0) is 10.9 Å². The zero-order chi connectivity index (χ0) is 25.8. The van der Waals surface area contributed by atoms with Crippen LogP contribution in [0.15, 0.2) is 140 Å². The lowest BCUT2D eigenvalue weighted by Crippen LogP contribution is -2.39. The number of aromatic nitrogens is 4. The maximum Gasteiger partial charge on any atom is 0.205 e. The molecule has 6 aromatic rings. The molecule has 1 heterocycles. The lowest BCUT2D eigenvalue weighted by Gasteiger charge is -2.34. The van der Waals surface area contributed by atoms with Gasteiger partial charge in [-0.25, -0.2) is 0 Å². The Morgan fingerprint density at radius 3 is 1.58 bits per heavy atom. The molecule has 4 nitrogen and oxygen atoms in total. The zero-order valence-electron chi connectivity index (χ0n) is 20.7. The van der Waals surface area contributed by atoms with Crippen LogP contribution in [0.4, 0.5) is 0 Å². The van der Waals surface area contributed by atoms with Crippen molar-refractivity contribution in [3.63, 3.8) is 0 Å². The van der Waals surface area contributed by atoms with Crippen molar-refractivity contribution in [3.05, 3.63) is 162 Å². The molecule has 0 saturated heterocycles. The number of halogens is 1. The van der Waals surface area contributed by atoms with Gasteiger partial charge < -0.3 is 0 Å². The number of benzene rings is 5. The highest BCUT2D eigenvalue weighted by Gasteiger charge is 2.41. The lowest BCUT2D eigenvalue weighted by molar-refractivity contribution is 0.396. The van der Waals surface area contributed by atoms with Gasteiger partial charge in [0.1, 0.15) is 0 Å². The second-order valence-corrected chi connectivity index (χ2v) is 9.65. The third-order valence-corrected chi connectivity index (χ3v) is 7.50. The van der Waals surface area contributed by atoms with Gasteiger partial charge in [0.05, 0.1) is 0 Å². The van der Waals surface area contributed by atoms with E-state index in [4.69, 9.17) is 10.3 Å². The minimum absolute atomic E-state index is 0.582. The van der Waals surface area contributed by atoms with E-state index in [1.165, 1.54) is 0 Å². The Bertz CT molecular complexity index is 1540. The first-order chi connectivity index (χ1) is 18.8. The van der Waals surface area contributed by atoms with Crippen LogP contribution in [0.5, 0.6) is 0 Å². The van der Waals surface area contributed by atoms with Crippen molar-refractivity contribution in [3.8, 4) is 22.5 Å². The Kier molecular flexibility index (Phi) is 6.67. The van der Waals surface area contributed by atoms with Gasteiger partial charge in [0.25, 0.3) is 0 Å². The van der Waals surface area contributed by atoms with E-state index >= 15 is 0 Å². The third kappa shape index (κ3) is 4.25. The summed E-state index contributed by atoms with van der Waals surface area (Å²) < 4.78 is 0. The summed E-state index contributed by atoms with van der Waals surface area (Å²) in [6.45, 7) is 0. The van der Waals surface area contributed by atoms with Gasteiger partial charge in [0, 0.05) is 10.9 Å². The highest BCUT2D eigenvalue weighted by molar-refractivity contribution is 9.08. The van der Waals surface area contributed by atoms with Crippen molar-refractivity contribution in [2.45, 2.75) is 10.9 Å². The maximum absolute atomic E-state index is 5.12. The predicted octanol–water partition coefficient (Wildman–Crippen LogP) is 7.74. The molecule has 0 radical (unpaired) electrons. The Hall–Kier alpha value is -4.35. The second kappa shape index (κ2) is 10.6. The Balaban J connectivity index is 1.62. The van der Waals surface area contributed by atoms with Gasteiger partial charge in [0.15, 0.2) is 5.54 Å². The first-order valence-corrected chi connectivity index (χ1v) is 13.6. The van der Waals surface area contributed by atoms with Crippen LogP contribution in [0.1, 0.15) is 22.3 Å². The fraction of sp³-hybridized carbons (Fsp3) is 0.0606. The average molecular weight is 557 g/mol. The zero-order valence-corrected chi connectivity index (χ0v) is 22.2. The number of rotatable bonds is 7. The van der Waals surface area contributed by atoms with E-state index in [0.717, 1.165) is 44.3 Å². The Morgan fingerprint density at radius 2 is 1.08 bits per heavy atom. The summed E-state index contributed by atoms with van der Waals surface area (Å²) >= 11 is 3.61. The third-order valence-electron chi connectivity index (χ3n) is 6.85. The minimum Gasteiger partial charge on any atom is -0.144 e. The summed E-state index contributed by atoms with van der Waals surface area (Å²) in [5, 5.41) is 15.3. The van der Waals surface area contributed by atoms with E-state index in [0.29, 0.717) is 5.82 Å². The Morgan fingerprint density at radius 1 is 0.579 bits per heavy atom. The van der Waals surface area contributed by atoms with Crippen LogP contribution in [0.2, 0.25) is 0 Å². The number of tetrazole rings is 1. The summed E-state index contributed by atoms with van der Waals surface area (Å²) in [5.41, 5.74) is 6.63. The smallest absolute Gasteiger partial charge is 0.144 e. The molecule has 1 aromatic heterocycles. The first kappa shape index (κ1) is 24.0. The van der Waals surface area contributed by atoms with Gasteiger partial charge in [-0.05, 0) is 44.7 Å². The molecule has 5 heteroatoms. The lowest BCUT2D eigenvalue weighted by atomic mass is 9.77. The number of hydrogen-bond donors (Lipinski definition) is 0. The van der Waals surface area contributed by atoms with E-state index in [-0.39, 0.29) is 0 Å². The highest BCUT2D eigenvalue weighted by atomic mass is 79.9. The van der Waals surface area contributed by atoms with Crippen LogP contribution in [0.3, 0.4) is 0 Å². The van der Waals surface area contributed by atoms with Crippen molar-refractivity contribution >= 4 is 15.9 Å². The van der Waals surface area contributed by atoms with Gasteiger partial charge in [-0.2, -0.15) is 0 Å². The molecular weight excluding hydrogens is 532 g/mol. The van der Waals surface area contributed by atoms with Crippen molar-refractivity contribution in [1.29, 1.82) is 0 Å². The predicted molar refractivity (Wildman–Crippen MR) is 156 cm³/mol. The summed E-state index contributed by atoms with van der Waals surface area (Å²) in [6.07, 6.45) is 0. The molecule has 0 aliphatic carbocycles. The van der Waals surface area contributed by atoms with Crippen LogP contribution in [0.25, 0.3) is 22.5 Å². The molecule has 184 valence electrons. The van der Waals surface area contributed by atoms with Crippen molar-refractivity contribution in [1.82, 2.24) is 20.2 Å².